The van der Waals surface area contributed by atoms with Crippen LogP contribution in [0.4, 0.5) is 13.2 Å². The van der Waals surface area contributed by atoms with E-state index in [2.05, 4.69) is 25.4 Å². The van der Waals surface area contributed by atoms with Gasteiger partial charge in [-0.05, 0) is 38.7 Å². The van der Waals surface area contributed by atoms with E-state index in [1.54, 1.807) is 20.4 Å². The average Bonchev–Trinajstić information content (AvgIpc) is 3.40. The van der Waals surface area contributed by atoms with Crippen molar-refractivity contribution in [1.29, 1.82) is 0 Å². The fourth-order valence-electron chi connectivity index (χ4n) is 4.44. The number of aryl methyl sites for hydroxylation is 1. The predicted octanol–water partition coefficient (Wildman–Crippen LogP) is 3.91. The van der Waals surface area contributed by atoms with E-state index >= 15 is 0 Å². The first-order valence-electron chi connectivity index (χ1n) is 11.2. The maximum absolute atomic E-state index is 13.8. The summed E-state index contributed by atoms with van der Waals surface area (Å²) >= 11 is 0. The third-order valence-electron chi connectivity index (χ3n) is 6.85. The molecule has 11 heteroatoms. The molecule has 0 saturated carbocycles. The largest absolute Gasteiger partial charge is 0.433 e. The molecule has 0 radical (unpaired) electrons. The highest BCUT2D eigenvalue weighted by Gasteiger charge is 2.42. The van der Waals surface area contributed by atoms with Crippen LogP contribution in [0.3, 0.4) is 0 Å². The van der Waals surface area contributed by atoms with Crippen molar-refractivity contribution in [2.24, 2.45) is 7.05 Å². The Kier molecular flexibility index (Phi) is 5.64. The Labute approximate surface area is 200 Å². The van der Waals surface area contributed by atoms with E-state index in [0.717, 1.165) is 23.0 Å². The van der Waals surface area contributed by atoms with Crippen LogP contribution in [-0.2, 0) is 29.8 Å². The summed E-state index contributed by atoms with van der Waals surface area (Å²) in [5.74, 6) is 0.840. The van der Waals surface area contributed by atoms with Gasteiger partial charge in [-0.3, -0.25) is 5.10 Å². The number of aromatic nitrogens is 6. The normalized spacial score (nSPS) is 16.6. The number of aromatic amines is 1. The molecule has 8 nitrogen and oxygen atoms in total. The molecule has 4 heterocycles. The second kappa shape index (κ2) is 8.42. The number of hydrogen-bond donors (Lipinski definition) is 1. The van der Waals surface area contributed by atoms with Crippen LogP contribution in [0.2, 0.25) is 0 Å². The molecular weight excluding hydrogens is 459 g/mol. The van der Waals surface area contributed by atoms with Gasteiger partial charge in [0.15, 0.2) is 0 Å². The number of benzene rings is 1. The molecule has 0 bridgehead atoms. The molecule has 0 unspecified atom stereocenters. The van der Waals surface area contributed by atoms with Gasteiger partial charge < -0.3 is 14.2 Å². The number of rotatable bonds is 6. The van der Waals surface area contributed by atoms with Crippen LogP contribution in [0.1, 0.15) is 35.7 Å². The van der Waals surface area contributed by atoms with Gasteiger partial charge in [-0.2, -0.15) is 18.3 Å². The summed E-state index contributed by atoms with van der Waals surface area (Å²) in [6.45, 7) is 2.87. The first-order chi connectivity index (χ1) is 16.6. The summed E-state index contributed by atoms with van der Waals surface area (Å²) in [5.41, 5.74) is 1.79. The molecule has 3 aromatic heterocycles. The Balaban J connectivity index is 1.62. The van der Waals surface area contributed by atoms with E-state index in [-0.39, 0.29) is 11.5 Å². The zero-order valence-corrected chi connectivity index (χ0v) is 19.9. The molecule has 35 heavy (non-hydrogen) atoms. The summed E-state index contributed by atoms with van der Waals surface area (Å²) in [6.07, 6.45) is -2.27. The van der Waals surface area contributed by atoms with Crippen LogP contribution < -0.4 is 0 Å². The van der Waals surface area contributed by atoms with Crippen LogP contribution in [0.15, 0.2) is 36.7 Å². The molecule has 1 atom stereocenters. The smallest absolute Gasteiger partial charge is 0.379 e. The molecule has 184 valence electrons. The van der Waals surface area contributed by atoms with Gasteiger partial charge in [-0.25, -0.2) is 4.98 Å². The lowest BCUT2D eigenvalue weighted by atomic mass is 9.75. The molecule has 1 saturated heterocycles. The van der Waals surface area contributed by atoms with Gasteiger partial charge in [-0.15, -0.1) is 10.2 Å². The number of nitrogens with zero attached hydrogens (tertiary/aromatic N) is 6. The van der Waals surface area contributed by atoms with Crippen LogP contribution in [0, 0.1) is 0 Å². The quantitative estimate of drug-likeness (QED) is 0.446. The molecule has 4 aromatic rings. The van der Waals surface area contributed by atoms with Crippen molar-refractivity contribution < 1.29 is 17.9 Å². The highest BCUT2D eigenvalue weighted by Crippen LogP contribution is 2.40. The minimum atomic E-state index is -4.57. The number of ether oxygens (including phenoxy) is 1. The van der Waals surface area contributed by atoms with E-state index < -0.39 is 11.9 Å². The highest BCUT2D eigenvalue weighted by molar-refractivity contribution is 5.94. The Morgan fingerprint density at radius 1 is 1.23 bits per heavy atom. The van der Waals surface area contributed by atoms with Crippen LogP contribution in [0.5, 0.6) is 0 Å². The zero-order chi connectivity index (χ0) is 25.0. The first kappa shape index (κ1) is 23.4. The van der Waals surface area contributed by atoms with Crippen LogP contribution >= 0.6 is 0 Å². The molecule has 5 rings (SSSR count). The molecule has 1 N–H and O–H groups in total. The van der Waals surface area contributed by atoms with Crippen molar-refractivity contribution >= 4 is 10.9 Å². The maximum atomic E-state index is 13.8. The van der Waals surface area contributed by atoms with E-state index in [0.29, 0.717) is 41.9 Å². The summed E-state index contributed by atoms with van der Waals surface area (Å²) in [5, 5.41) is 16.0. The van der Waals surface area contributed by atoms with Crippen molar-refractivity contribution in [3.8, 4) is 11.3 Å². The molecule has 0 spiro atoms. The highest BCUT2D eigenvalue weighted by atomic mass is 19.4. The fourth-order valence-corrected chi connectivity index (χ4v) is 4.44. The van der Waals surface area contributed by atoms with Gasteiger partial charge in [0.25, 0.3) is 0 Å². The first-order valence-corrected chi connectivity index (χ1v) is 11.2. The maximum Gasteiger partial charge on any atom is 0.433 e. The fraction of sp³-hybridized carbons (Fsp3) is 0.417. The van der Waals surface area contributed by atoms with Gasteiger partial charge in [0.2, 0.25) is 0 Å². The van der Waals surface area contributed by atoms with E-state index in [9.17, 15) is 13.2 Å². The molecule has 1 fully saturated rings. The number of H-pyrrole nitrogens is 1. The van der Waals surface area contributed by atoms with Crippen molar-refractivity contribution in [2.75, 3.05) is 27.3 Å². The zero-order valence-electron chi connectivity index (χ0n) is 19.9. The van der Waals surface area contributed by atoms with Crippen molar-refractivity contribution in [3.63, 3.8) is 0 Å². The van der Waals surface area contributed by atoms with Crippen molar-refractivity contribution in [1.82, 2.24) is 34.8 Å². The van der Waals surface area contributed by atoms with Crippen molar-refractivity contribution in [2.45, 2.75) is 31.0 Å². The minimum Gasteiger partial charge on any atom is -0.379 e. The number of alkyl halides is 3. The van der Waals surface area contributed by atoms with Gasteiger partial charge in [0, 0.05) is 29.8 Å². The molecule has 0 amide bonds. The van der Waals surface area contributed by atoms with E-state index in [1.165, 1.54) is 0 Å². The molecule has 0 aliphatic carbocycles. The monoisotopic (exact) mass is 485 g/mol. The average molecular weight is 486 g/mol. The Morgan fingerprint density at radius 3 is 2.60 bits per heavy atom. The van der Waals surface area contributed by atoms with Crippen molar-refractivity contribution in [3.05, 3.63) is 59.4 Å². The summed E-state index contributed by atoms with van der Waals surface area (Å²) < 4.78 is 48.7. The number of nitrogens with one attached hydrogen (secondary N) is 1. The van der Waals surface area contributed by atoms with E-state index in [1.807, 2.05) is 47.7 Å². The van der Waals surface area contributed by atoms with E-state index in [4.69, 9.17) is 4.74 Å². The second-order valence-electron chi connectivity index (χ2n) is 9.41. The number of halogens is 3. The summed E-state index contributed by atoms with van der Waals surface area (Å²) in [7, 11) is 5.50. The molecule has 1 aliphatic heterocycles. The summed E-state index contributed by atoms with van der Waals surface area (Å²) in [6, 6.07) is 8.49. The SMILES string of the molecule is C[C@@H](c1nc(C(F)(F)F)cc2c(-c3cccc(C4(Cc5nncn5C)COC4)c3)n[nH]c12)N(C)C. The molecule has 1 aromatic carbocycles. The van der Waals surface area contributed by atoms with Crippen LogP contribution in [0.25, 0.3) is 22.2 Å². The number of hydrogen-bond acceptors (Lipinski definition) is 6. The Morgan fingerprint density at radius 2 is 2.00 bits per heavy atom. The van der Waals surface area contributed by atoms with Gasteiger partial charge in [-0.1, -0.05) is 18.2 Å². The Hall–Kier alpha value is -3.31. The topological polar surface area (TPSA) is 84.7 Å². The lowest BCUT2D eigenvalue weighted by molar-refractivity contribution is -0.141. The Bertz CT molecular complexity index is 1370. The molecule has 1 aliphatic rings. The summed E-state index contributed by atoms with van der Waals surface area (Å²) in [4.78, 5) is 5.78. The predicted molar refractivity (Wildman–Crippen MR) is 124 cm³/mol. The van der Waals surface area contributed by atoms with Gasteiger partial charge in [0.1, 0.15) is 23.5 Å². The third-order valence-corrected chi connectivity index (χ3v) is 6.85. The number of fused-ring (bicyclic) bond motifs is 1. The number of pyridine rings is 1. The molecular formula is C24H26F3N7O. The van der Waals surface area contributed by atoms with Gasteiger partial charge in [0.05, 0.1) is 30.5 Å². The standard InChI is InChI=1S/C24H26F3N7O/c1-14(33(2)3)20-22-17(9-18(29-20)24(25,26)27)21(31-32-22)15-6-5-7-16(8-15)23(11-35-12-23)10-19-30-28-13-34(19)4/h5-9,13-14H,10-12H2,1-4H3,(H,31,32)/t14-/m0/s1. The van der Waals surface area contributed by atoms with Crippen LogP contribution in [-0.4, -0.2) is 62.2 Å². The third kappa shape index (κ3) is 4.08. The second-order valence-corrected chi connectivity index (χ2v) is 9.41. The lowest BCUT2D eigenvalue weighted by Crippen LogP contribution is -2.49. The van der Waals surface area contributed by atoms with Gasteiger partial charge >= 0.3 is 6.18 Å². The lowest BCUT2D eigenvalue weighted by Gasteiger charge is -2.41. The minimum absolute atomic E-state index is 0.286.